The molecule has 4 nitrogen and oxygen atoms in total. The third-order valence-corrected chi connectivity index (χ3v) is 3.32. The van der Waals surface area contributed by atoms with Gasteiger partial charge in [0.2, 0.25) is 5.91 Å². The summed E-state index contributed by atoms with van der Waals surface area (Å²) >= 11 is 0. The molecule has 2 rings (SSSR count). The molecule has 0 bridgehead atoms. The minimum absolute atomic E-state index is 0.0511. The number of hydrogen-bond acceptors (Lipinski definition) is 2. The molecule has 0 radical (unpaired) electrons. The Bertz CT molecular complexity index is 641. The zero-order valence-electron chi connectivity index (χ0n) is 13.4. The van der Waals surface area contributed by atoms with Crippen LogP contribution in [0.5, 0.6) is 0 Å². The Morgan fingerprint density at radius 1 is 1.32 bits per heavy atom. The van der Waals surface area contributed by atoms with Crippen molar-refractivity contribution in [3.8, 4) is 0 Å². The van der Waals surface area contributed by atoms with E-state index in [1.165, 1.54) is 12.1 Å². The molecule has 0 aliphatic carbocycles. The van der Waals surface area contributed by atoms with Crippen molar-refractivity contribution < 1.29 is 9.18 Å². The molecule has 0 saturated heterocycles. The average Bonchev–Trinajstić information content (AvgIpc) is 2.81. The van der Waals surface area contributed by atoms with E-state index in [9.17, 15) is 9.18 Å². The molecular formula is C17H22FN3O. The lowest BCUT2D eigenvalue weighted by atomic mass is 9.91. The number of nitrogens with one attached hydrogen (secondary N) is 1. The standard InChI is InChI=1S/C17H22FN3O/c1-17(2,3)11-14(22)20-15(16-19-9-10-21(16)4)12-5-7-13(18)8-6-12/h5-10,15H,11H2,1-4H3,(H,20,22). The van der Waals surface area contributed by atoms with Gasteiger partial charge in [0.1, 0.15) is 17.7 Å². The number of aromatic nitrogens is 2. The number of halogens is 1. The summed E-state index contributed by atoms with van der Waals surface area (Å²) in [5.41, 5.74) is 0.706. The van der Waals surface area contributed by atoms with Crippen LogP contribution in [0.1, 0.15) is 44.6 Å². The van der Waals surface area contributed by atoms with Crippen molar-refractivity contribution in [2.45, 2.75) is 33.2 Å². The van der Waals surface area contributed by atoms with Crippen LogP contribution in [-0.4, -0.2) is 15.5 Å². The summed E-state index contributed by atoms with van der Waals surface area (Å²) in [6.45, 7) is 6.04. The molecule has 0 aliphatic heterocycles. The number of carbonyl (C=O) groups is 1. The van der Waals surface area contributed by atoms with Gasteiger partial charge in [-0.05, 0) is 23.1 Å². The monoisotopic (exact) mass is 303 g/mol. The van der Waals surface area contributed by atoms with Crippen molar-refractivity contribution in [1.82, 2.24) is 14.9 Å². The molecule has 1 atom stereocenters. The Morgan fingerprint density at radius 3 is 2.45 bits per heavy atom. The van der Waals surface area contributed by atoms with Gasteiger partial charge in [-0.15, -0.1) is 0 Å². The summed E-state index contributed by atoms with van der Waals surface area (Å²) in [5, 5.41) is 3.01. The predicted molar refractivity (Wildman–Crippen MR) is 83.7 cm³/mol. The Labute approximate surface area is 130 Å². The maximum atomic E-state index is 13.1. The van der Waals surface area contributed by atoms with Crippen LogP contribution in [0.3, 0.4) is 0 Å². The number of hydrogen-bond donors (Lipinski definition) is 1. The third kappa shape index (κ3) is 4.16. The minimum Gasteiger partial charge on any atom is -0.342 e. The lowest BCUT2D eigenvalue weighted by Gasteiger charge is -2.22. The summed E-state index contributed by atoms with van der Waals surface area (Å²) in [4.78, 5) is 16.6. The molecule has 1 aromatic carbocycles. The van der Waals surface area contributed by atoms with E-state index in [0.29, 0.717) is 12.2 Å². The minimum atomic E-state index is -0.393. The number of carbonyl (C=O) groups excluding carboxylic acids is 1. The van der Waals surface area contributed by atoms with Crippen molar-refractivity contribution in [3.05, 3.63) is 53.9 Å². The highest BCUT2D eigenvalue weighted by atomic mass is 19.1. The third-order valence-electron chi connectivity index (χ3n) is 3.32. The highest BCUT2D eigenvalue weighted by molar-refractivity contribution is 5.77. The smallest absolute Gasteiger partial charge is 0.221 e. The van der Waals surface area contributed by atoms with Gasteiger partial charge in [-0.25, -0.2) is 9.37 Å². The Balaban J connectivity index is 2.29. The van der Waals surface area contributed by atoms with Crippen LogP contribution in [0.4, 0.5) is 4.39 Å². The topological polar surface area (TPSA) is 46.9 Å². The van der Waals surface area contributed by atoms with Gasteiger partial charge in [0, 0.05) is 25.9 Å². The van der Waals surface area contributed by atoms with E-state index in [2.05, 4.69) is 10.3 Å². The number of rotatable bonds is 4. The fourth-order valence-corrected chi connectivity index (χ4v) is 2.30. The summed E-state index contributed by atoms with van der Waals surface area (Å²) in [5.74, 6) is 0.363. The molecule has 22 heavy (non-hydrogen) atoms. The molecule has 0 aliphatic rings. The first-order chi connectivity index (χ1) is 10.3. The van der Waals surface area contributed by atoms with Crippen LogP contribution >= 0.6 is 0 Å². The molecule has 1 amide bonds. The molecule has 2 aromatic rings. The highest BCUT2D eigenvalue weighted by Crippen LogP contribution is 2.23. The maximum Gasteiger partial charge on any atom is 0.221 e. The zero-order valence-corrected chi connectivity index (χ0v) is 13.4. The molecule has 5 heteroatoms. The number of benzene rings is 1. The van der Waals surface area contributed by atoms with Crippen LogP contribution in [0.25, 0.3) is 0 Å². The molecule has 0 spiro atoms. The van der Waals surface area contributed by atoms with E-state index in [4.69, 9.17) is 0 Å². The first kappa shape index (κ1) is 16.2. The zero-order chi connectivity index (χ0) is 16.3. The van der Waals surface area contributed by atoms with Crippen molar-refractivity contribution in [3.63, 3.8) is 0 Å². The number of nitrogens with zero attached hydrogens (tertiary/aromatic N) is 2. The molecule has 0 fully saturated rings. The summed E-state index contributed by atoms with van der Waals surface area (Å²) in [7, 11) is 1.87. The fourth-order valence-electron chi connectivity index (χ4n) is 2.30. The van der Waals surface area contributed by atoms with E-state index >= 15 is 0 Å². The summed E-state index contributed by atoms with van der Waals surface area (Å²) in [6.07, 6.45) is 3.92. The second-order valence-corrected chi connectivity index (χ2v) is 6.69. The van der Waals surface area contributed by atoms with Crippen LogP contribution in [0, 0.1) is 11.2 Å². The molecule has 0 saturated carbocycles. The van der Waals surface area contributed by atoms with E-state index in [0.717, 1.165) is 5.56 Å². The SMILES string of the molecule is Cn1ccnc1C(NC(=O)CC(C)(C)C)c1ccc(F)cc1. The Hall–Kier alpha value is -2.17. The number of imidazole rings is 1. The predicted octanol–water partition coefficient (Wildman–Crippen LogP) is 3.20. The van der Waals surface area contributed by atoms with Crippen LogP contribution in [0.15, 0.2) is 36.7 Å². The number of aryl methyl sites for hydroxylation is 1. The summed E-state index contributed by atoms with van der Waals surface area (Å²) in [6, 6.07) is 5.73. The van der Waals surface area contributed by atoms with Gasteiger partial charge in [0.15, 0.2) is 0 Å². The van der Waals surface area contributed by atoms with Crippen LogP contribution in [0.2, 0.25) is 0 Å². The Morgan fingerprint density at radius 2 is 1.95 bits per heavy atom. The lowest BCUT2D eigenvalue weighted by molar-refractivity contribution is -0.123. The molecule has 118 valence electrons. The van der Waals surface area contributed by atoms with E-state index in [-0.39, 0.29) is 17.1 Å². The first-order valence-electron chi connectivity index (χ1n) is 7.28. The van der Waals surface area contributed by atoms with Crippen LogP contribution in [-0.2, 0) is 11.8 Å². The Kier molecular flexibility index (Phi) is 4.64. The molecule has 1 unspecified atom stereocenters. The summed E-state index contributed by atoms with van der Waals surface area (Å²) < 4.78 is 15.0. The van der Waals surface area contributed by atoms with Gasteiger partial charge in [-0.1, -0.05) is 32.9 Å². The van der Waals surface area contributed by atoms with Gasteiger partial charge in [0.25, 0.3) is 0 Å². The van der Waals surface area contributed by atoms with Gasteiger partial charge in [-0.2, -0.15) is 0 Å². The quantitative estimate of drug-likeness (QED) is 0.943. The van der Waals surface area contributed by atoms with Gasteiger partial charge in [-0.3, -0.25) is 4.79 Å². The maximum absolute atomic E-state index is 13.1. The molecule has 1 heterocycles. The van der Waals surface area contributed by atoms with E-state index in [1.807, 2.05) is 38.6 Å². The van der Waals surface area contributed by atoms with E-state index < -0.39 is 6.04 Å². The second-order valence-electron chi connectivity index (χ2n) is 6.69. The highest BCUT2D eigenvalue weighted by Gasteiger charge is 2.23. The normalized spacial score (nSPS) is 13.0. The fraction of sp³-hybridized carbons (Fsp3) is 0.412. The van der Waals surface area contributed by atoms with Gasteiger partial charge < -0.3 is 9.88 Å². The number of amides is 1. The molecular weight excluding hydrogens is 281 g/mol. The van der Waals surface area contributed by atoms with Gasteiger partial charge >= 0.3 is 0 Å². The molecule has 1 aromatic heterocycles. The van der Waals surface area contributed by atoms with Crippen LogP contribution < -0.4 is 5.32 Å². The van der Waals surface area contributed by atoms with Crippen molar-refractivity contribution in [2.75, 3.05) is 0 Å². The average molecular weight is 303 g/mol. The lowest BCUT2D eigenvalue weighted by Crippen LogP contribution is -2.33. The van der Waals surface area contributed by atoms with Crippen molar-refractivity contribution >= 4 is 5.91 Å². The second kappa shape index (κ2) is 6.30. The van der Waals surface area contributed by atoms with Crippen molar-refractivity contribution in [2.24, 2.45) is 12.5 Å². The first-order valence-corrected chi connectivity index (χ1v) is 7.28. The molecule has 1 N–H and O–H groups in total. The van der Waals surface area contributed by atoms with Gasteiger partial charge in [0.05, 0.1) is 0 Å². The van der Waals surface area contributed by atoms with E-state index in [1.54, 1.807) is 18.3 Å². The van der Waals surface area contributed by atoms with Crippen molar-refractivity contribution in [1.29, 1.82) is 0 Å². The largest absolute Gasteiger partial charge is 0.342 e.